The van der Waals surface area contributed by atoms with Crippen LogP contribution in [-0.2, 0) is 6.54 Å². The molecule has 1 aromatic rings. The molecule has 3 nitrogen and oxygen atoms in total. The summed E-state index contributed by atoms with van der Waals surface area (Å²) in [5.41, 5.74) is 1.26. The van der Waals surface area contributed by atoms with Crippen molar-refractivity contribution in [3.63, 3.8) is 0 Å². The van der Waals surface area contributed by atoms with Crippen molar-refractivity contribution < 1.29 is 9.84 Å². The predicted molar refractivity (Wildman–Crippen MR) is 72.7 cm³/mol. The maximum atomic E-state index is 9.12. The summed E-state index contributed by atoms with van der Waals surface area (Å²) in [6, 6.07) is 8.25. The van der Waals surface area contributed by atoms with Gasteiger partial charge in [0.25, 0.3) is 0 Å². The van der Waals surface area contributed by atoms with Gasteiger partial charge < -0.3 is 9.84 Å². The van der Waals surface area contributed by atoms with Gasteiger partial charge in [-0.1, -0.05) is 12.1 Å². The first kappa shape index (κ1) is 13.4. The van der Waals surface area contributed by atoms with Crippen LogP contribution in [0.15, 0.2) is 24.3 Å². The van der Waals surface area contributed by atoms with Gasteiger partial charge in [0.05, 0.1) is 13.2 Å². The fourth-order valence-corrected chi connectivity index (χ4v) is 2.20. The largest absolute Gasteiger partial charge is 0.494 e. The van der Waals surface area contributed by atoms with Crippen molar-refractivity contribution in [2.24, 2.45) is 5.92 Å². The quantitative estimate of drug-likeness (QED) is 0.767. The van der Waals surface area contributed by atoms with Crippen LogP contribution in [0.2, 0.25) is 0 Å². The van der Waals surface area contributed by atoms with Crippen LogP contribution in [0.25, 0.3) is 0 Å². The Balaban J connectivity index is 1.93. The average molecular weight is 249 g/mol. The molecule has 1 aromatic carbocycles. The van der Waals surface area contributed by atoms with Crippen molar-refractivity contribution in [3.8, 4) is 5.75 Å². The molecule has 1 N–H and O–H groups in total. The molecule has 0 bridgehead atoms. The van der Waals surface area contributed by atoms with Crippen LogP contribution in [-0.4, -0.2) is 36.3 Å². The van der Waals surface area contributed by atoms with E-state index < -0.39 is 0 Å². The highest BCUT2D eigenvalue weighted by Gasteiger charge is 2.24. The number of hydrogen-bond donors (Lipinski definition) is 1. The molecule has 0 saturated heterocycles. The van der Waals surface area contributed by atoms with Crippen LogP contribution in [0, 0.1) is 5.92 Å². The highest BCUT2D eigenvalue weighted by Crippen LogP contribution is 2.30. The van der Waals surface area contributed by atoms with Gasteiger partial charge in [-0.2, -0.15) is 0 Å². The molecule has 0 aromatic heterocycles. The lowest BCUT2D eigenvalue weighted by atomic mass is 10.2. The predicted octanol–water partition coefficient (Wildman–Crippen LogP) is 2.29. The van der Waals surface area contributed by atoms with Crippen LogP contribution in [0.3, 0.4) is 0 Å². The van der Waals surface area contributed by atoms with Gasteiger partial charge in [0, 0.05) is 19.6 Å². The van der Waals surface area contributed by atoms with Crippen LogP contribution < -0.4 is 4.74 Å². The molecule has 18 heavy (non-hydrogen) atoms. The first-order valence-electron chi connectivity index (χ1n) is 6.86. The van der Waals surface area contributed by atoms with E-state index in [1.165, 1.54) is 18.4 Å². The number of aliphatic hydroxyl groups excluding tert-OH is 1. The number of rotatable bonds is 8. The van der Waals surface area contributed by atoms with Crippen molar-refractivity contribution >= 4 is 0 Å². The first-order chi connectivity index (χ1) is 8.81. The molecule has 0 heterocycles. The molecule has 1 aliphatic rings. The molecule has 1 fully saturated rings. The number of hydrogen-bond acceptors (Lipinski definition) is 3. The van der Waals surface area contributed by atoms with Crippen molar-refractivity contribution in [2.45, 2.75) is 26.3 Å². The highest BCUT2D eigenvalue weighted by atomic mass is 16.5. The minimum absolute atomic E-state index is 0.234. The number of ether oxygens (including phenoxy) is 1. The zero-order valence-electron chi connectivity index (χ0n) is 11.1. The van der Waals surface area contributed by atoms with E-state index in [-0.39, 0.29) is 6.61 Å². The van der Waals surface area contributed by atoms with Gasteiger partial charge in [-0.25, -0.2) is 0 Å². The van der Waals surface area contributed by atoms with E-state index in [0.717, 1.165) is 31.3 Å². The van der Waals surface area contributed by atoms with E-state index >= 15 is 0 Å². The zero-order chi connectivity index (χ0) is 12.8. The molecule has 1 aliphatic carbocycles. The molecule has 0 amide bonds. The van der Waals surface area contributed by atoms with Gasteiger partial charge in [-0.15, -0.1) is 0 Å². The summed E-state index contributed by atoms with van der Waals surface area (Å²) >= 11 is 0. The molecule has 0 atom stereocenters. The molecule has 100 valence electrons. The second-order valence-electron chi connectivity index (χ2n) is 4.98. The lowest BCUT2D eigenvalue weighted by molar-refractivity contribution is 0.184. The Hall–Kier alpha value is -1.06. The monoisotopic (exact) mass is 249 g/mol. The SMILES string of the molecule is CCOc1cccc(CN(CCO)CC2CC2)c1. The average Bonchev–Trinajstić information content (AvgIpc) is 3.14. The van der Waals surface area contributed by atoms with E-state index in [1.54, 1.807) is 0 Å². The molecule has 0 spiro atoms. The molecular formula is C15H23NO2. The third-order valence-corrected chi connectivity index (χ3v) is 3.25. The smallest absolute Gasteiger partial charge is 0.119 e. The normalized spacial score (nSPS) is 15.1. The topological polar surface area (TPSA) is 32.7 Å². The number of benzene rings is 1. The number of nitrogens with zero attached hydrogens (tertiary/aromatic N) is 1. The van der Waals surface area contributed by atoms with Gasteiger partial charge in [-0.3, -0.25) is 4.90 Å². The maximum absolute atomic E-state index is 9.12. The van der Waals surface area contributed by atoms with Gasteiger partial charge in [0.2, 0.25) is 0 Å². The van der Waals surface area contributed by atoms with Crippen molar-refractivity contribution in [2.75, 3.05) is 26.3 Å². The summed E-state index contributed by atoms with van der Waals surface area (Å²) in [6.07, 6.45) is 2.70. The molecule has 0 radical (unpaired) electrons. The van der Waals surface area contributed by atoms with Crippen LogP contribution in [0.5, 0.6) is 5.75 Å². The Morgan fingerprint density at radius 3 is 2.89 bits per heavy atom. The van der Waals surface area contributed by atoms with E-state index in [2.05, 4.69) is 17.0 Å². The summed E-state index contributed by atoms with van der Waals surface area (Å²) in [4.78, 5) is 2.34. The van der Waals surface area contributed by atoms with Crippen molar-refractivity contribution in [3.05, 3.63) is 29.8 Å². The van der Waals surface area contributed by atoms with E-state index in [4.69, 9.17) is 9.84 Å². The summed E-state index contributed by atoms with van der Waals surface area (Å²) in [5.74, 6) is 1.79. The van der Waals surface area contributed by atoms with E-state index in [9.17, 15) is 0 Å². The second-order valence-corrected chi connectivity index (χ2v) is 4.98. The summed E-state index contributed by atoms with van der Waals surface area (Å²) in [5, 5.41) is 9.12. The van der Waals surface area contributed by atoms with Gasteiger partial charge >= 0.3 is 0 Å². The zero-order valence-corrected chi connectivity index (χ0v) is 11.1. The third-order valence-electron chi connectivity index (χ3n) is 3.25. The van der Waals surface area contributed by atoms with Crippen molar-refractivity contribution in [1.82, 2.24) is 4.90 Å². The first-order valence-corrected chi connectivity index (χ1v) is 6.86. The minimum Gasteiger partial charge on any atom is -0.494 e. The van der Waals surface area contributed by atoms with Crippen LogP contribution >= 0.6 is 0 Å². The van der Waals surface area contributed by atoms with E-state index in [1.807, 2.05) is 19.1 Å². The Morgan fingerprint density at radius 1 is 1.39 bits per heavy atom. The molecule has 1 saturated carbocycles. The Kier molecular flexibility index (Phi) is 5.02. The van der Waals surface area contributed by atoms with E-state index in [0.29, 0.717) is 6.61 Å². The fraction of sp³-hybridized carbons (Fsp3) is 0.600. The van der Waals surface area contributed by atoms with Crippen molar-refractivity contribution in [1.29, 1.82) is 0 Å². The summed E-state index contributed by atoms with van der Waals surface area (Å²) < 4.78 is 5.51. The maximum Gasteiger partial charge on any atom is 0.119 e. The lowest BCUT2D eigenvalue weighted by Crippen LogP contribution is -2.28. The van der Waals surface area contributed by atoms with Crippen LogP contribution in [0.1, 0.15) is 25.3 Å². The Labute approximate surface area is 109 Å². The number of aliphatic hydroxyl groups is 1. The van der Waals surface area contributed by atoms with Gasteiger partial charge in [0.1, 0.15) is 5.75 Å². The molecular weight excluding hydrogens is 226 g/mol. The molecule has 2 rings (SSSR count). The van der Waals surface area contributed by atoms with Gasteiger partial charge in [0.15, 0.2) is 0 Å². The molecule has 0 aliphatic heterocycles. The molecule has 3 heteroatoms. The minimum atomic E-state index is 0.234. The highest BCUT2D eigenvalue weighted by molar-refractivity contribution is 5.28. The fourth-order valence-electron chi connectivity index (χ4n) is 2.20. The Morgan fingerprint density at radius 2 is 2.22 bits per heavy atom. The Bertz CT molecular complexity index is 363. The summed E-state index contributed by atoms with van der Waals surface area (Å²) in [7, 11) is 0. The summed E-state index contributed by atoms with van der Waals surface area (Å²) in [6.45, 7) is 5.70. The lowest BCUT2D eigenvalue weighted by Gasteiger charge is -2.21. The van der Waals surface area contributed by atoms with Gasteiger partial charge in [-0.05, 0) is 43.4 Å². The van der Waals surface area contributed by atoms with Crippen LogP contribution in [0.4, 0.5) is 0 Å². The standard InChI is InChI=1S/C15H23NO2/c1-2-18-15-5-3-4-14(10-15)12-16(8-9-17)11-13-6-7-13/h3-5,10,13,17H,2,6-9,11-12H2,1H3. The molecule has 0 unspecified atom stereocenters. The third kappa shape index (κ3) is 4.31. The second kappa shape index (κ2) is 6.76.